The molecular weight excluding hydrogens is 512 g/mol. The number of rotatable bonds is 9. The monoisotopic (exact) mass is 540 g/mol. The Balaban J connectivity index is 1.18. The van der Waals surface area contributed by atoms with Gasteiger partial charge in [-0.25, -0.2) is 0 Å². The molecule has 0 aliphatic heterocycles. The largest absolute Gasteiger partial charge is 0.381 e. The molecular formula is C34H28N4O3. The van der Waals surface area contributed by atoms with Crippen LogP contribution in [0.4, 0.5) is 22.7 Å². The van der Waals surface area contributed by atoms with Crippen LogP contribution in [-0.2, 0) is 6.54 Å². The molecule has 41 heavy (non-hydrogen) atoms. The topological polar surface area (TPSA) is 99.3 Å². The Kier molecular flexibility index (Phi) is 8.47. The fourth-order valence-electron chi connectivity index (χ4n) is 4.20. The molecule has 7 nitrogen and oxygen atoms in total. The fraction of sp³-hybridized carbons (Fsp3) is 0.0294. The van der Waals surface area contributed by atoms with E-state index < -0.39 is 0 Å². The summed E-state index contributed by atoms with van der Waals surface area (Å²) in [5.74, 6) is -0.659. The molecule has 5 aromatic carbocycles. The van der Waals surface area contributed by atoms with Gasteiger partial charge in [-0.3, -0.25) is 14.4 Å². The third kappa shape index (κ3) is 7.46. The second-order valence-electron chi connectivity index (χ2n) is 9.31. The van der Waals surface area contributed by atoms with E-state index in [1.54, 1.807) is 66.7 Å². The predicted octanol–water partition coefficient (Wildman–Crippen LogP) is 7.06. The van der Waals surface area contributed by atoms with Gasteiger partial charge < -0.3 is 21.3 Å². The molecule has 0 bridgehead atoms. The van der Waals surface area contributed by atoms with Gasteiger partial charge in [0.15, 0.2) is 0 Å². The summed E-state index contributed by atoms with van der Waals surface area (Å²) in [5, 5.41) is 12.0. The standard InChI is InChI=1S/C34H28N4O3/c39-32(25-11-3-1-4-12-25)36-29-17-8-16-28(21-29)35-23-24-10-7-15-27(20-24)34(41)38-31-19-9-18-30(22-31)37-33(40)26-13-5-2-6-14-26/h1-22,35H,23H2,(H,36,39)(H,37,40)(H,38,41). The molecule has 0 aliphatic carbocycles. The van der Waals surface area contributed by atoms with Gasteiger partial charge in [0, 0.05) is 46.0 Å². The molecule has 4 N–H and O–H groups in total. The van der Waals surface area contributed by atoms with E-state index in [-0.39, 0.29) is 17.7 Å². The highest BCUT2D eigenvalue weighted by molar-refractivity contribution is 6.06. The molecule has 0 aliphatic rings. The molecule has 5 aromatic rings. The summed E-state index contributed by atoms with van der Waals surface area (Å²) in [5.41, 5.74) is 5.22. The smallest absolute Gasteiger partial charge is 0.255 e. The van der Waals surface area contributed by atoms with Gasteiger partial charge in [-0.05, 0) is 78.4 Å². The van der Waals surface area contributed by atoms with Gasteiger partial charge in [0.25, 0.3) is 17.7 Å². The molecule has 5 rings (SSSR count). The maximum atomic E-state index is 13.0. The summed E-state index contributed by atoms with van der Waals surface area (Å²) in [6.45, 7) is 0.484. The normalized spacial score (nSPS) is 10.3. The Bertz CT molecular complexity index is 1670. The molecule has 0 fully saturated rings. The number of carbonyl (C=O) groups is 3. The van der Waals surface area contributed by atoms with Crippen molar-refractivity contribution in [3.8, 4) is 0 Å². The molecule has 0 aromatic heterocycles. The van der Waals surface area contributed by atoms with E-state index in [9.17, 15) is 14.4 Å². The SMILES string of the molecule is O=C(Nc1cccc(NCc2cccc(C(=O)Nc3cccc(NC(=O)c4ccccc4)c3)c2)c1)c1ccccc1. The van der Waals surface area contributed by atoms with Crippen LogP contribution in [0.25, 0.3) is 0 Å². The molecule has 0 saturated heterocycles. The molecule has 202 valence electrons. The summed E-state index contributed by atoms with van der Waals surface area (Å²) in [6.07, 6.45) is 0. The first-order valence-corrected chi connectivity index (χ1v) is 13.1. The van der Waals surface area contributed by atoms with Crippen LogP contribution in [0, 0.1) is 0 Å². The molecule has 0 spiro atoms. The van der Waals surface area contributed by atoms with Crippen LogP contribution in [-0.4, -0.2) is 17.7 Å². The Hall–Kier alpha value is -5.69. The van der Waals surface area contributed by atoms with Crippen molar-refractivity contribution in [2.45, 2.75) is 6.54 Å². The van der Waals surface area contributed by atoms with Gasteiger partial charge in [0.05, 0.1) is 0 Å². The lowest BCUT2D eigenvalue weighted by molar-refractivity contribution is 0.101. The van der Waals surface area contributed by atoms with E-state index >= 15 is 0 Å². The van der Waals surface area contributed by atoms with Gasteiger partial charge in [-0.2, -0.15) is 0 Å². The molecule has 7 heteroatoms. The lowest BCUT2D eigenvalue weighted by atomic mass is 10.1. The van der Waals surface area contributed by atoms with Crippen LogP contribution < -0.4 is 21.3 Å². The summed E-state index contributed by atoms with van der Waals surface area (Å²) < 4.78 is 0. The number of nitrogens with one attached hydrogen (secondary N) is 4. The van der Waals surface area contributed by atoms with Gasteiger partial charge >= 0.3 is 0 Å². The van der Waals surface area contributed by atoms with Crippen LogP contribution in [0.3, 0.4) is 0 Å². The quantitative estimate of drug-likeness (QED) is 0.161. The first kappa shape index (κ1) is 26.9. The van der Waals surface area contributed by atoms with Crippen molar-refractivity contribution in [3.63, 3.8) is 0 Å². The minimum Gasteiger partial charge on any atom is -0.381 e. The lowest BCUT2D eigenvalue weighted by Gasteiger charge is -2.11. The average molecular weight is 541 g/mol. The summed E-state index contributed by atoms with van der Waals surface area (Å²) in [4.78, 5) is 37.9. The highest BCUT2D eigenvalue weighted by atomic mass is 16.2. The van der Waals surface area contributed by atoms with Gasteiger partial charge in [0.1, 0.15) is 0 Å². The number of carbonyl (C=O) groups excluding carboxylic acids is 3. The van der Waals surface area contributed by atoms with Crippen molar-refractivity contribution in [3.05, 3.63) is 156 Å². The maximum absolute atomic E-state index is 13.0. The first-order chi connectivity index (χ1) is 20.0. The fourth-order valence-corrected chi connectivity index (χ4v) is 4.20. The highest BCUT2D eigenvalue weighted by Gasteiger charge is 2.10. The van der Waals surface area contributed by atoms with E-state index in [0.29, 0.717) is 40.3 Å². The number of benzene rings is 5. The van der Waals surface area contributed by atoms with Crippen LogP contribution in [0.1, 0.15) is 36.6 Å². The van der Waals surface area contributed by atoms with E-state index in [0.717, 1.165) is 11.3 Å². The zero-order valence-electron chi connectivity index (χ0n) is 22.1. The number of anilines is 4. The lowest BCUT2D eigenvalue weighted by Crippen LogP contribution is -2.14. The van der Waals surface area contributed by atoms with Crippen LogP contribution in [0.15, 0.2) is 133 Å². The van der Waals surface area contributed by atoms with Crippen molar-refractivity contribution in [2.24, 2.45) is 0 Å². The number of hydrogen-bond donors (Lipinski definition) is 4. The predicted molar refractivity (Wildman–Crippen MR) is 163 cm³/mol. The molecule has 0 heterocycles. The summed E-state index contributed by atoms with van der Waals surface area (Å²) >= 11 is 0. The molecule has 0 atom stereocenters. The second-order valence-corrected chi connectivity index (χ2v) is 9.31. The highest BCUT2D eigenvalue weighted by Crippen LogP contribution is 2.19. The van der Waals surface area contributed by atoms with Crippen LogP contribution in [0.2, 0.25) is 0 Å². The third-order valence-corrected chi connectivity index (χ3v) is 6.26. The minimum atomic E-state index is -0.260. The van der Waals surface area contributed by atoms with Crippen molar-refractivity contribution in [1.82, 2.24) is 0 Å². The number of hydrogen-bond acceptors (Lipinski definition) is 4. The number of amides is 3. The van der Waals surface area contributed by atoms with Crippen molar-refractivity contribution >= 4 is 40.5 Å². The molecule has 0 saturated carbocycles. The first-order valence-electron chi connectivity index (χ1n) is 13.1. The Morgan fingerprint density at radius 1 is 0.415 bits per heavy atom. The Morgan fingerprint density at radius 2 is 0.829 bits per heavy atom. The minimum absolute atomic E-state index is 0.175. The third-order valence-electron chi connectivity index (χ3n) is 6.26. The van der Waals surface area contributed by atoms with Crippen molar-refractivity contribution < 1.29 is 14.4 Å². The van der Waals surface area contributed by atoms with E-state index in [4.69, 9.17) is 0 Å². The Morgan fingerprint density at radius 3 is 1.37 bits per heavy atom. The summed E-state index contributed by atoms with van der Waals surface area (Å²) in [7, 11) is 0. The van der Waals surface area contributed by atoms with Crippen LogP contribution in [0.5, 0.6) is 0 Å². The second kappa shape index (κ2) is 12.9. The van der Waals surface area contributed by atoms with Gasteiger partial charge in [0.2, 0.25) is 0 Å². The zero-order chi connectivity index (χ0) is 28.4. The van der Waals surface area contributed by atoms with Gasteiger partial charge in [-0.1, -0.05) is 60.7 Å². The Labute approximate surface area is 238 Å². The molecule has 0 radical (unpaired) electrons. The molecule has 3 amide bonds. The van der Waals surface area contributed by atoms with Crippen LogP contribution >= 0.6 is 0 Å². The van der Waals surface area contributed by atoms with E-state index in [2.05, 4.69) is 21.3 Å². The zero-order valence-corrected chi connectivity index (χ0v) is 22.1. The average Bonchev–Trinajstić information content (AvgIpc) is 3.01. The van der Waals surface area contributed by atoms with E-state index in [1.165, 1.54) is 0 Å². The van der Waals surface area contributed by atoms with Crippen molar-refractivity contribution in [2.75, 3.05) is 21.3 Å². The van der Waals surface area contributed by atoms with Gasteiger partial charge in [-0.15, -0.1) is 0 Å². The van der Waals surface area contributed by atoms with Crippen molar-refractivity contribution in [1.29, 1.82) is 0 Å². The van der Waals surface area contributed by atoms with E-state index in [1.807, 2.05) is 66.7 Å². The summed E-state index contributed by atoms with van der Waals surface area (Å²) in [6, 6.07) is 39.8. The molecule has 0 unspecified atom stereocenters. The maximum Gasteiger partial charge on any atom is 0.255 e.